The van der Waals surface area contributed by atoms with Gasteiger partial charge in [-0.25, -0.2) is 13.2 Å². The molecule has 1 aromatic heterocycles. The molecule has 0 spiro atoms. The number of nitrogens with zero attached hydrogens (tertiary/aromatic N) is 3. The van der Waals surface area contributed by atoms with E-state index in [0.29, 0.717) is 30.2 Å². The normalized spacial score (nSPS) is 20.6. The molecule has 150 valence electrons. The Morgan fingerprint density at radius 3 is 2.71 bits per heavy atom. The van der Waals surface area contributed by atoms with Crippen LogP contribution in [0.2, 0.25) is 0 Å². The molecule has 1 aromatic carbocycles. The molecule has 2 aromatic rings. The van der Waals surface area contributed by atoms with Crippen molar-refractivity contribution < 1.29 is 22.5 Å². The van der Waals surface area contributed by atoms with Gasteiger partial charge in [0.05, 0.1) is 6.04 Å². The SMILES string of the molecule is NC(CC(=O)N1CCC[C@H]1c1noc(C2CC2)n1)Cc1cc(F)c(F)cc1F. The van der Waals surface area contributed by atoms with Crippen LogP contribution < -0.4 is 5.73 Å². The van der Waals surface area contributed by atoms with Crippen LogP contribution in [0, 0.1) is 17.5 Å². The van der Waals surface area contributed by atoms with Gasteiger partial charge in [-0.05, 0) is 43.7 Å². The first-order valence-corrected chi connectivity index (χ1v) is 9.44. The van der Waals surface area contributed by atoms with E-state index in [4.69, 9.17) is 10.3 Å². The van der Waals surface area contributed by atoms with Crippen molar-refractivity contribution in [3.8, 4) is 0 Å². The predicted octanol–water partition coefficient (Wildman–Crippen LogP) is 2.99. The fourth-order valence-electron chi connectivity index (χ4n) is 3.63. The molecule has 1 aliphatic heterocycles. The lowest BCUT2D eigenvalue weighted by molar-refractivity contribution is -0.132. The Labute approximate surface area is 159 Å². The van der Waals surface area contributed by atoms with E-state index in [1.165, 1.54) is 0 Å². The van der Waals surface area contributed by atoms with Crippen molar-refractivity contribution in [3.63, 3.8) is 0 Å². The van der Waals surface area contributed by atoms with Gasteiger partial charge in [0.15, 0.2) is 17.5 Å². The van der Waals surface area contributed by atoms with Crippen molar-refractivity contribution in [2.24, 2.45) is 5.73 Å². The third-order valence-corrected chi connectivity index (χ3v) is 5.26. The van der Waals surface area contributed by atoms with Crippen LogP contribution >= 0.6 is 0 Å². The minimum absolute atomic E-state index is 0.0394. The first-order valence-electron chi connectivity index (χ1n) is 9.44. The Balaban J connectivity index is 1.39. The van der Waals surface area contributed by atoms with Gasteiger partial charge in [-0.15, -0.1) is 0 Å². The van der Waals surface area contributed by atoms with Crippen LogP contribution in [0.4, 0.5) is 13.2 Å². The molecule has 6 nitrogen and oxygen atoms in total. The standard InChI is InChI=1S/C19H21F3N4O2/c20-13-9-15(22)14(21)7-11(13)6-12(23)8-17(27)26-5-1-2-16(26)18-24-19(28-25-18)10-3-4-10/h7,9-10,12,16H,1-6,8,23H2/t12?,16-/m0/s1. The first kappa shape index (κ1) is 18.9. The van der Waals surface area contributed by atoms with Crippen molar-refractivity contribution >= 4 is 5.91 Å². The number of amides is 1. The summed E-state index contributed by atoms with van der Waals surface area (Å²) in [5.41, 5.74) is 5.94. The zero-order valence-electron chi connectivity index (χ0n) is 15.2. The number of nitrogens with two attached hydrogens (primary N) is 1. The van der Waals surface area contributed by atoms with Crippen molar-refractivity contribution in [3.05, 3.63) is 46.9 Å². The summed E-state index contributed by atoms with van der Waals surface area (Å²) in [5, 5.41) is 4.03. The molecule has 28 heavy (non-hydrogen) atoms. The molecule has 2 aliphatic rings. The number of carbonyl (C=O) groups excluding carboxylic acids is 1. The Bertz CT molecular complexity index is 884. The molecule has 1 saturated carbocycles. The Morgan fingerprint density at radius 1 is 1.21 bits per heavy atom. The molecule has 1 amide bonds. The van der Waals surface area contributed by atoms with Gasteiger partial charge in [0.2, 0.25) is 11.8 Å². The van der Waals surface area contributed by atoms with E-state index >= 15 is 0 Å². The molecule has 2 fully saturated rings. The van der Waals surface area contributed by atoms with E-state index in [2.05, 4.69) is 10.1 Å². The average Bonchev–Trinajstić information content (AvgIpc) is 3.18. The van der Waals surface area contributed by atoms with Crippen molar-refractivity contribution in [1.29, 1.82) is 0 Å². The summed E-state index contributed by atoms with van der Waals surface area (Å²) in [7, 11) is 0. The second-order valence-electron chi connectivity index (χ2n) is 7.54. The number of benzene rings is 1. The molecule has 0 radical (unpaired) electrons. The maximum Gasteiger partial charge on any atom is 0.229 e. The topological polar surface area (TPSA) is 85.3 Å². The second-order valence-corrected chi connectivity index (χ2v) is 7.54. The quantitative estimate of drug-likeness (QED) is 0.762. The lowest BCUT2D eigenvalue weighted by atomic mass is 10.0. The number of aromatic nitrogens is 2. The molecule has 2 heterocycles. The van der Waals surface area contributed by atoms with Crippen molar-refractivity contribution in [2.45, 2.75) is 56.5 Å². The van der Waals surface area contributed by atoms with Gasteiger partial charge in [-0.2, -0.15) is 4.98 Å². The molecule has 2 atom stereocenters. The van der Waals surface area contributed by atoms with Crippen LogP contribution in [0.5, 0.6) is 0 Å². The summed E-state index contributed by atoms with van der Waals surface area (Å²) in [4.78, 5) is 18.8. The molecule has 1 saturated heterocycles. The molecular formula is C19H21F3N4O2. The Kier molecular flexibility index (Phi) is 5.09. The highest BCUT2D eigenvalue weighted by atomic mass is 19.2. The highest BCUT2D eigenvalue weighted by molar-refractivity contribution is 5.77. The fourth-order valence-corrected chi connectivity index (χ4v) is 3.63. The second kappa shape index (κ2) is 7.54. The van der Waals surface area contributed by atoms with Gasteiger partial charge in [0.25, 0.3) is 0 Å². The summed E-state index contributed by atoms with van der Waals surface area (Å²) in [6, 6.07) is 0.298. The zero-order chi connectivity index (χ0) is 19.8. The van der Waals surface area contributed by atoms with E-state index in [-0.39, 0.29) is 30.4 Å². The largest absolute Gasteiger partial charge is 0.339 e. The van der Waals surface area contributed by atoms with Gasteiger partial charge in [-0.3, -0.25) is 4.79 Å². The van der Waals surface area contributed by atoms with Crippen molar-refractivity contribution in [2.75, 3.05) is 6.54 Å². The van der Waals surface area contributed by atoms with Crippen LogP contribution in [0.15, 0.2) is 16.7 Å². The summed E-state index contributed by atoms with van der Waals surface area (Å²) < 4.78 is 45.5. The number of carbonyl (C=O) groups is 1. The number of rotatable bonds is 6. The highest BCUT2D eigenvalue weighted by Crippen LogP contribution is 2.40. The third-order valence-electron chi connectivity index (χ3n) is 5.26. The highest BCUT2D eigenvalue weighted by Gasteiger charge is 2.36. The predicted molar refractivity (Wildman–Crippen MR) is 92.6 cm³/mol. The van der Waals surface area contributed by atoms with E-state index in [1.54, 1.807) is 4.90 Å². The minimum Gasteiger partial charge on any atom is -0.339 e. The molecule has 1 aliphatic carbocycles. The monoisotopic (exact) mass is 394 g/mol. The van der Waals surface area contributed by atoms with Crippen LogP contribution in [0.1, 0.15) is 61.3 Å². The van der Waals surface area contributed by atoms with Gasteiger partial charge < -0.3 is 15.2 Å². The van der Waals surface area contributed by atoms with Gasteiger partial charge >= 0.3 is 0 Å². The zero-order valence-corrected chi connectivity index (χ0v) is 15.2. The van der Waals surface area contributed by atoms with Crippen molar-refractivity contribution in [1.82, 2.24) is 15.0 Å². The smallest absolute Gasteiger partial charge is 0.229 e. The van der Waals surface area contributed by atoms with E-state index in [9.17, 15) is 18.0 Å². The molecular weight excluding hydrogens is 373 g/mol. The summed E-state index contributed by atoms with van der Waals surface area (Å²) in [5.74, 6) is -2.00. The fraction of sp³-hybridized carbons (Fsp3) is 0.526. The number of halogens is 3. The summed E-state index contributed by atoms with van der Waals surface area (Å²) >= 11 is 0. The Morgan fingerprint density at radius 2 is 1.96 bits per heavy atom. The third kappa shape index (κ3) is 3.89. The minimum atomic E-state index is -1.25. The summed E-state index contributed by atoms with van der Waals surface area (Å²) in [6.07, 6.45) is 3.54. The average molecular weight is 394 g/mol. The van der Waals surface area contributed by atoms with Gasteiger partial charge in [0, 0.05) is 31.0 Å². The molecule has 2 N–H and O–H groups in total. The van der Waals surface area contributed by atoms with Gasteiger partial charge in [-0.1, -0.05) is 5.16 Å². The van der Waals surface area contributed by atoms with Crippen LogP contribution in [0.3, 0.4) is 0 Å². The lowest BCUT2D eigenvalue weighted by Gasteiger charge is -2.24. The molecule has 9 heteroatoms. The number of hydrogen-bond acceptors (Lipinski definition) is 5. The lowest BCUT2D eigenvalue weighted by Crippen LogP contribution is -2.36. The maximum absolute atomic E-state index is 13.8. The molecule has 4 rings (SSSR count). The van der Waals surface area contributed by atoms with Crippen LogP contribution in [-0.4, -0.2) is 33.5 Å². The van der Waals surface area contributed by atoms with Crippen LogP contribution in [0.25, 0.3) is 0 Å². The first-order chi connectivity index (χ1) is 13.4. The number of hydrogen-bond donors (Lipinski definition) is 1. The molecule has 0 bridgehead atoms. The summed E-state index contributed by atoms with van der Waals surface area (Å²) in [6.45, 7) is 0.559. The van der Waals surface area contributed by atoms with Crippen LogP contribution in [-0.2, 0) is 11.2 Å². The van der Waals surface area contributed by atoms with E-state index < -0.39 is 23.5 Å². The Hall–Kier alpha value is -2.42. The number of likely N-dealkylation sites (tertiary alicyclic amines) is 1. The van der Waals surface area contributed by atoms with Gasteiger partial charge in [0.1, 0.15) is 5.82 Å². The van der Waals surface area contributed by atoms with E-state index in [0.717, 1.165) is 31.7 Å². The van der Waals surface area contributed by atoms with E-state index in [1.807, 2.05) is 0 Å². The maximum atomic E-state index is 13.8. The molecule has 1 unspecified atom stereocenters.